The fourth-order valence-electron chi connectivity index (χ4n) is 2.72. The summed E-state index contributed by atoms with van der Waals surface area (Å²) >= 11 is 0. The molecule has 0 saturated heterocycles. The zero-order valence-corrected chi connectivity index (χ0v) is 18.7. The molecule has 3 aromatic rings. The number of primary amides is 2. The quantitative estimate of drug-likeness (QED) is 0.352. The maximum atomic E-state index is 13.1. The van der Waals surface area contributed by atoms with Crippen LogP contribution in [0, 0.1) is 12.7 Å². The number of hydrogen-bond donors (Lipinski definition) is 3. The molecule has 1 heterocycles. The Labute approximate surface area is 195 Å². The number of halogens is 1. The van der Waals surface area contributed by atoms with Gasteiger partial charge in [0.25, 0.3) is 0 Å². The second-order valence-corrected chi connectivity index (χ2v) is 6.88. The molecule has 0 fully saturated rings. The minimum absolute atomic E-state index is 0.148. The number of hydrogen-bond acceptors (Lipinski definition) is 8. The van der Waals surface area contributed by atoms with E-state index in [1.807, 2.05) is 0 Å². The lowest BCUT2D eigenvalue weighted by Gasteiger charge is -2.14. The van der Waals surface area contributed by atoms with Crippen molar-refractivity contribution in [3.63, 3.8) is 0 Å². The molecule has 5 N–H and O–H groups in total. The number of anilines is 1. The molecule has 3 rings (SSSR count). The van der Waals surface area contributed by atoms with Crippen LogP contribution < -0.4 is 21.5 Å². The minimum atomic E-state index is -0.626. The van der Waals surface area contributed by atoms with Crippen LogP contribution in [0.25, 0.3) is 11.4 Å². The molecule has 178 valence electrons. The van der Waals surface area contributed by atoms with Crippen LogP contribution in [0.4, 0.5) is 10.2 Å². The molecule has 34 heavy (non-hydrogen) atoms. The second kappa shape index (κ2) is 11.9. The van der Waals surface area contributed by atoms with Gasteiger partial charge in [0.05, 0.1) is 7.11 Å². The maximum absolute atomic E-state index is 13.1. The Bertz CT molecular complexity index is 1170. The first-order valence-electron chi connectivity index (χ1n) is 9.91. The first-order valence-corrected chi connectivity index (χ1v) is 9.91. The predicted octanol–water partition coefficient (Wildman–Crippen LogP) is 2.56. The molecule has 0 radical (unpaired) electrons. The van der Waals surface area contributed by atoms with Crippen LogP contribution in [0.2, 0.25) is 0 Å². The summed E-state index contributed by atoms with van der Waals surface area (Å²) in [5.74, 6) is -0.200. The maximum Gasteiger partial charge on any atom is 0.341 e. The SMILES string of the molecule is COC(=O)c1cc(-c2nc(C)cc(NC(C)C(N)=O)n2)ccc1Oc1ccc(F)cc1.NC=O. The van der Waals surface area contributed by atoms with E-state index in [4.69, 9.17) is 20.0 Å². The van der Waals surface area contributed by atoms with E-state index in [0.717, 1.165) is 0 Å². The van der Waals surface area contributed by atoms with Crippen molar-refractivity contribution in [3.05, 3.63) is 65.6 Å². The zero-order chi connectivity index (χ0) is 25.3. The summed E-state index contributed by atoms with van der Waals surface area (Å²) in [6.45, 7) is 3.40. The summed E-state index contributed by atoms with van der Waals surface area (Å²) in [5.41, 5.74) is 10.8. The fraction of sp³-hybridized carbons (Fsp3) is 0.174. The van der Waals surface area contributed by atoms with E-state index in [2.05, 4.69) is 21.0 Å². The third kappa shape index (κ3) is 6.99. The molecule has 2 amide bonds. The van der Waals surface area contributed by atoms with Crippen LogP contribution in [0.5, 0.6) is 11.5 Å². The topological polar surface area (TPSA) is 160 Å². The van der Waals surface area contributed by atoms with Crippen molar-refractivity contribution in [2.24, 2.45) is 11.5 Å². The first kappa shape index (κ1) is 25.7. The fourth-order valence-corrected chi connectivity index (χ4v) is 2.72. The Morgan fingerprint density at radius 1 is 1.12 bits per heavy atom. The number of carbonyl (C=O) groups excluding carboxylic acids is 3. The van der Waals surface area contributed by atoms with Gasteiger partial charge in [0.15, 0.2) is 5.82 Å². The third-order valence-corrected chi connectivity index (χ3v) is 4.33. The van der Waals surface area contributed by atoms with Gasteiger partial charge in [-0.1, -0.05) is 0 Å². The molecule has 10 nitrogen and oxygen atoms in total. The second-order valence-electron chi connectivity index (χ2n) is 6.88. The van der Waals surface area contributed by atoms with Crippen LogP contribution in [0.3, 0.4) is 0 Å². The molecule has 0 aliphatic heterocycles. The highest BCUT2D eigenvalue weighted by molar-refractivity contribution is 5.94. The normalized spacial score (nSPS) is 10.8. The van der Waals surface area contributed by atoms with Gasteiger partial charge in [0, 0.05) is 17.3 Å². The highest BCUT2D eigenvalue weighted by atomic mass is 19.1. The van der Waals surface area contributed by atoms with Crippen LogP contribution in [0.1, 0.15) is 23.0 Å². The average molecular weight is 469 g/mol. The molecular formula is C23H24FN5O5. The zero-order valence-electron chi connectivity index (χ0n) is 18.7. The highest BCUT2D eigenvalue weighted by Gasteiger charge is 2.18. The summed E-state index contributed by atoms with van der Waals surface area (Å²) in [7, 11) is 1.26. The Hall–Kier alpha value is -4.54. The summed E-state index contributed by atoms with van der Waals surface area (Å²) in [5, 5.41) is 2.92. The number of benzene rings is 2. The Kier molecular flexibility index (Phi) is 9.00. The molecule has 11 heteroatoms. The van der Waals surface area contributed by atoms with E-state index in [-0.39, 0.29) is 17.7 Å². The summed E-state index contributed by atoms with van der Waals surface area (Å²) < 4.78 is 23.7. The Morgan fingerprint density at radius 2 is 1.76 bits per heavy atom. The summed E-state index contributed by atoms with van der Waals surface area (Å²) in [6.07, 6.45) is 0.250. The van der Waals surface area contributed by atoms with Crippen molar-refractivity contribution < 1.29 is 28.2 Å². The van der Waals surface area contributed by atoms with Gasteiger partial charge in [-0.05, 0) is 56.3 Å². The Balaban J connectivity index is 0.00000129. The molecular weight excluding hydrogens is 445 g/mol. The molecule has 0 aliphatic rings. The molecule has 1 atom stereocenters. The van der Waals surface area contributed by atoms with Gasteiger partial charge in [0.2, 0.25) is 12.3 Å². The number of aryl methyl sites for hydroxylation is 1. The lowest BCUT2D eigenvalue weighted by atomic mass is 10.1. The van der Waals surface area contributed by atoms with Gasteiger partial charge in [-0.15, -0.1) is 0 Å². The third-order valence-electron chi connectivity index (χ3n) is 4.33. The first-order chi connectivity index (χ1) is 16.2. The number of carbonyl (C=O) groups is 3. The molecule has 0 bridgehead atoms. The van der Waals surface area contributed by atoms with Gasteiger partial charge >= 0.3 is 5.97 Å². The molecule has 2 aromatic carbocycles. The van der Waals surface area contributed by atoms with Gasteiger partial charge in [-0.25, -0.2) is 19.2 Å². The van der Waals surface area contributed by atoms with Crippen LogP contribution in [-0.4, -0.2) is 41.4 Å². The van der Waals surface area contributed by atoms with Gasteiger partial charge in [0.1, 0.15) is 34.7 Å². The van der Waals surface area contributed by atoms with E-state index in [1.165, 1.54) is 31.4 Å². The van der Waals surface area contributed by atoms with E-state index in [9.17, 15) is 14.0 Å². The molecule has 0 saturated carbocycles. The molecule has 1 aromatic heterocycles. The van der Waals surface area contributed by atoms with Crippen LogP contribution in [-0.2, 0) is 14.3 Å². The molecule has 0 spiro atoms. The number of ether oxygens (including phenoxy) is 2. The van der Waals surface area contributed by atoms with Crippen molar-refractivity contribution in [3.8, 4) is 22.9 Å². The summed E-state index contributed by atoms with van der Waals surface area (Å²) in [4.78, 5) is 41.1. The lowest BCUT2D eigenvalue weighted by Crippen LogP contribution is -2.32. The lowest BCUT2D eigenvalue weighted by molar-refractivity contribution is -0.118. The molecule has 0 aliphatic carbocycles. The minimum Gasteiger partial charge on any atom is -0.465 e. The van der Waals surface area contributed by atoms with Crippen molar-refractivity contribution in [1.29, 1.82) is 0 Å². The highest BCUT2D eigenvalue weighted by Crippen LogP contribution is 2.30. The van der Waals surface area contributed by atoms with Crippen LogP contribution in [0.15, 0.2) is 48.5 Å². The van der Waals surface area contributed by atoms with Crippen molar-refractivity contribution in [2.45, 2.75) is 19.9 Å². The number of nitrogens with two attached hydrogens (primary N) is 2. The van der Waals surface area contributed by atoms with E-state index in [0.29, 0.717) is 28.6 Å². The van der Waals surface area contributed by atoms with Crippen molar-refractivity contribution >= 4 is 24.1 Å². The van der Waals surface area contributed by atoms with E-state index in [1.54, 1.807) is 38.1 Å². The number of amides is 2. The number of aromatic nitrogens is 2. The largest absolute Gasteiger partial charge is 0.465 e. The number of methoxy groups -OCH3 is 1. The van der Waals surface area contributed by atoms with E-state index < -0.39 is 23.7 Å². The average Bonchev–Trinajstić information content (AvgIpc) is 2.80. The number of nitrogens with one attached hydrogen (secondary N) is 1. The van der Waals surface area contributed by atoms with Gasteiger partial charge < -0.3 is 26.3 Å². The van der Waals surface area contributed by atoms with Gasteiger partial charge in [-0.3, -0.25) is 9.59 Å². The van der Waals surface area contributed by atoms with Crippen molar-refractivity contribution in [2.75, 3.05) is 12.4 Å². The number of nitrogens with zero attached hydrogens (tertiary/aromatic N) is 2. The number of rotatable bonds is 7. The number of esters is 1. The smallest absolute Gasteiger partial charge is 0.341 e. The summed E-state index contributed by atoms with van der Waals surface area (Å²) in [6, 6.07) is 11.3. The monoisotopic (exact) mass is 469 g/mol. The standard InChI is InChI=1S/C22H21FN4O4.CH3NO/c1-12-10-19(26-13(2)20(24)28)27-21(25-12)14-4-9-18(17(11-14)22(29)30-3)31-16-7-5-15(23)6-8-16;2-1-3/h4-11,13H,1-3H3,(H2,24,28)(H,25,26,27);1H,(H2,2,3). The van der Waals surface area contributed by atoms with Crippen LogP contribution >= 0.6 is 0 Å². The van der Waals surface area contributed by atoms with Crippen molar-refractivity contribution in [1.82, 2.24) is 9.97 Å². The van der Waals surface area contributed by atoms with Gasteiger partial charge in [-0.2, -0.15) is 0 Å². The Morgan fingerprint density at radius 3 is 2.35 bits per heavy atom. The molecule has 1 unspecified atom stereocenters. The van der Waals surface area contributed by atoms with E-state index >= 15 is 0 Å². The predicted molar refractivity (Wildman–Crippen MR) is 123 cm³/mol.